The van der Waals surface area contributed by atoms with Gasteiger partial charge >= 0.3 is 6.01 Å². The number of phenolic OH excluding ortho intramolecular Hbond substituents is 1. The third-order valence-corrected chi connectivity index (χ3v) is 1.79. The van der Waals surface area contributed by atoms with Gasteiger partial charge in [-0.2, -0.15) is 4.98 Å². The van der Waals surface area contributed by atoms with Crippen LogP contribution in [0.1, 0.15) is 0 Å². The van der Waals surface area contributed by atoms with Crippen LogP contribution in [0.5, 0.6) is 17.5 Å². The number of nitrogens with two attached hydrogens (primary N) is 1. The predicted octanol–water partition coefficient (Wildman–Crippen LogP) is 1.70. The summed E-state index contributed by atoms with van der Waals surface area (Å²) in [6.07, 6.45) is 0.929. The van der Waals surface area contributed by atoms with E-state index in [-0.39, 0.29) is 17.6 Å². The van der Waals surface area contributed by atoms with E-state index in [2.05, 4.69) is 9.97 Å². The highest BCUT2D eigenvalue weighted by molar-refractivity contribution is 5.33. The van der Waals surface area contributed by atoms with E-state index in [1.54, 1.807) is 0 Å². The van der Waals surface area contributed by atoms with Crippen LogP contribution < -0.4 is 10.5 Å². The molecule has 0 amide bonds. The SMILES string of the molecule is Nc1nc(Oc2ccc(O)cc2)ncc1F. The first-order chi connectivity index (χ1) is 7.65. The first-order valence-corrected chi connectivity index (χ1v) is 4.40. The van der Waals surface area contributed by atoms with Crippen molar-refractivity contribution in [1.82, 2.24) is 9.97 Å². The van der Waals surface area contributed by atoms with E-state index in [1.165, 1.54) is 24.3 Å². The molecule has 1 aromatic heterocycles. The van der Waals surface area contributed by atoms with Gasteiger partial charge in [0.05, 0.1) is 6.20 Å². The lowest BCUT2D eigenvalue weighted by molar-refractivity contribution is 0.434. The number of halogens is 1. The fourth-order valence-electron chi connectivity index (χ4n) is 1.03. The van der Waals surface area contributed by atoms with Crippen molar-refractivity contribution in [2.45, 2.75) is 0 Å². The molecule has 0 unspecified atom stereocenters. The highest BCUT2D eigenvalue weighted by Crippen LogP contribution is 2.21. The lowest BCUT2D eigenvalue weighted by Crippen LogP contribution is -1.99. The van der Waals surface area contributed by atoms with Gasteiger partial charge in [-0.1, -0.05) is 0 Å². The molecule has 0 radical (unpaired) electrons. The third-order valence-electron chi connectivity index (χ3n) is 1.79. The van der Waals surface area contributed by atoms with Gasteiger partial charge in [-0.25, -0.2) is 9.37 Å². The summed E-state index contributed by atoms with van der Waals surface area (Å²) in [6.45, 7) is 0. The zero-order valence-electron chi connectivity index (χ0n) is 8.09. The summed E-state index contributed by atoms with van der Waals surface area (Å²) in [5.41, 5.74) is 5.25. The topological polar surface area (TPSA) is 81.3 Å². The van der Waals surface area contributed by atoms with Gasteiger partial charge in [0, 0.05) is 0 Å². The lowest BCUT2D eigenvalue weighted by atomic mass is 10.3. The van der Waals surface area contributed by atoms with Gasteiger partial charge in [0.2, 0.25) is 0 Å². The summed E-state index contributed by atoms with van der Waals surface area (Å²) in [6, 6.07) is 5.89. The van der Waals surface area contributed by atoms with Gasteiger partial charge in [-0.05, 0) is 24.3 Å². The number of rotatable bonds is 2. The molecule has 3 N–H and O–H groups in total. The lowest BCUT2D eigenvalue weighted by Gasteiger charge is -2.04. The van der Waals surface area contributed by atoms with Crippen molar-refractivity contribution in [3.63, 3.8) is 0 Å². The van der Waals surface area contributed by atoms with E-state index >= 15 is 0 Å². The first kappa shape index (κ1) is 10.2. The fourth-order valence-corrected chi connectivity index (χ4v) is 1.03. The minimum atomic E-state index is -0.696. The molecule has 0 aliphatic heterocycles. The average molecular weight is 221 g/mol. The van der Waals surface area contributed by atoms with E-state index in [9.17, 15) is 4.39 Å². The number of anilines is 1. The molecule has 2 aromatic rings. The minimum Gasteiger partial charge on any atom is -0.508 e. The van der Waals surface area contributed by atoms with Crippen LogP contribution in [0.4, 0.5) is 10.2 Å². The van der Waals surface area contributed by atoms with Gasteiger partial charge in [-0.3, -0.25) is 0 Å². The molecular formula is C10H8FN3O2. The van der Waals surface area contributed by atoms with Crippen LogP contribution in [-0.4, -0.2) is 15.1 Å². The molecule has 1 aromatic carbocycles. The molecular weight excluding hydrogens is 213 g/mol. The number of hydrogen-bond donors (Lipinski definition) is 2. The van der Waals surface area contributed by atoms with Crippen LogP contribution >= 0.6 is 0 Å². The van der Waals surface area contributed by atoms with Gasteiger partial charge in [0.25, 0.3) is 0 Å². The van der Waals surface area contributed by atoms with Crippen LogP contribution in [0, 0.1) is 5.82 Å². The Morgan fingerprint density at radius 1 is 1.25 bits per heavy atom. The summed E-state index contributed by atoms with van der Waals surface area (Å²) in [5.74, 6) is -0.433. The monoisotopic (exact) mass is 221 g/mol. The zero-order chi connectivity index (χ0) is 11.5. The van der Waals surface area contributed by atoms with Crippen LogP contribution in [0.15, 0.2) is 30.5 Å². The van der Waals surface area contributed by atoms with Crippen molar-refractivity contribution in [3.05, 3.63) is 36.3 Å². The molecule has 0 bridgehead atoms. The van der Waals surface area contributed by atoms with Crippen molar-refractivity contribution >= 4 is 5.82 Å². The molecule has 82 valence electrons. The van der Waals surface area contributed by atoms with E-state index in [4.69, 9.17) is 15.6 Å². The van der Waals surface area contributed by atoms with Crippen molar-refractivity contribution in [1.29, 1.82) is 0 Å². The summed E-state index contributed by atoms with van der Waals surface area (Å²) in [5, 5.41) is 9.05. The second kappa shape index (κ2) is 4.01. The smallest absolute Gasteiger partial charge is 0.324 e. The first-order valence-electron chi connectivity index (χ1n) is 4.40. The number of nitrogen functional groups attached to an aromatic ring is 1. The Morgan fingerprint density at radius 3 is 2.56 bits per heavy atom. The van der Waals surface area contributed by atoms with Crippen molar-refractivity contribution in [3.8, 4) is 17.5 Å². The van der Waals surface area contributed by atoms with E-state index in [1.807, 2.05) is 0 Å². The van der Waals surface area contributed by atoms with Gasteiger partial charge in [-0.15, -0.1) is 0 Å². The number of benzene rings is 1. The maximum atomic E-state index is 12.8. The average Bonchev–Trinajstić information content (AvgIpc) is 2.27. The molecule has 0 aliphatic carbocycles. The summed E-state index contributed by atoms with van der Waals surface area (Å²) >= 11 is 0. The van der Waals surface area contributed by atoms with Crippen LogP contribution in [0.25, 0.3) is 0 Å². The maximum Gasteiger partial charge on any atom is 0.324 e. The molecule has 16 heavy (non-hydrogen) atoms. The molecule has 0 fully saturated rings. The minimum absolute atomic E-state index is 0.0513. The Bertz CT molecular complexity index is 502. The Labute approximate surface area is 90.3 Å². The Balaban J connectivity index is 2.20. The van der Waals surface area contributed by atoms with E-state index in [0.717, 1.165) is 6.20 Å². The number of ether oxygens (including phenoxy) is 1. The summed E-state index contributed by atoms with van der Waals surface area (Å²) in [4.78, 5) is 7.20. The van der Waals surface area contributed by atoms with Crippen molar-refractivity contribution in [2.24, 2.45) is 0 Å². The second-order valence-corrected chi connectivity index (χ2v) is 2.98. The highest BCUT2D eigenvalue weighted by Gasteiger charge is 2.05. The zero-order valence-corrected chi connectivity index (χ0v) is 8.09. The number of aromatic hydroxyl groups is 1. The normalized spacial score (nSPS) is 10.1. The number of aromatic nitrogens is 2. The molecule has 5 nitrogen and oxygen atoms in total. The maximum absolute atomic E-state index is 12.8. The van der Waals surface area contributed by atoms with Gasteiger partial charge < -0.3 is 15.6 Å². The molecule has 2 rings (SSSR count). The molecule has 6 heteroatoms. The molecule has 0 saturated heterocycles. The quantitative estimate of drug-likeness (QED) is 0.806. The Hall–Kier alpha value is -2.37. The molecule has 0 spiro atoms. The van der Waals surface area contributed by atoms with Crippen molar-refractivity contribution < 1.29 is 14.2 Å². The van der Waals surface area contributed by atoms with E-state index < -0.39 is 5.82 Å². The third kappa shape index (κ3) is 2.17. The Kier molecular flexibility index (Phi) is 2.55. The predicted molar refractivity (Wildman–Crippen MR) is 54.6 cm³/mol. The van der Waals surface area contributed by atoms with Gasteiger partial charge in [0.1, 0.15) is 11.5 Å². The highest BCUT2D eigenvalue weighted by atomic mass is 19.1. The summed E-state index contributed by atoms with van der Waals surface area (Å²) < 4.78 is 17.9. The largest absolute Gasteiger partial charge is 0.508 e. The number of hydrogen-bond acceptors (Lipinski definition) is 5. The molecule has 1 heterocycles. The van der Waals surface area contributed by atoms with Crippen LogP contribution in [-0.2, 0) is 0 Å². The molecule has 0 saturated carbocycles. The second-order valence-electron chi connectivity index (χ2n) is 2.98. The standard InChI is InChI=1S/C10H8FN3O2/c11-8-5-13-10(14-9(8)12)16-7-3-1-6(15)2-4-7/h1-5,15H,(H2,12,13,14). The Morgan fingerprint density at radius 2 is 1.94 bits per heavy atom. The molecule has 0 aliphatic rings. The van der Waals surface area contributed by atoms with Gasteiger partial charge in [0.15, 0.2) is 11.6 Å². The number of phenols is 1. The van der Waals surface area contributed by atoms with Crippen LogP contribution in [0.3, 0.4) is 0 Å². The summed E-state index contributed by atoms with van der Waals surface area (Å²) in [7, 11) is 0. The van der Waals surface area contributed by atoms with E-state index in [0.29, 0.717) is 5.75 Å². The molecule has 0 atom stereocenters. The number of nitrogens with zero attached hydrogens (tertiary/aromatic N) is 2. The van der Waals surface area contributed by atoms with Crippen LogP contribution in [0.2, 0.25) is 0 Å². The van der Waals surface area contributed by atoms with Crippen molar-refractivity contribution in [2.75, 3.05) is 5.73 Å². The fraction of sp³-hybridized carbons (Fsp3) is 0.